The van der Waals surface area contributed by atoms with E-state index >= 15 is 0 Å². The Morgan fingerprint density at radius 1 is 1.44 bits per heavy atom. The van der Waals surface area contributed by atoms with E-state index in [1.54, 1.807) is 12.5 Å². The second kappa shape index (κ2) is 11.6. The van der Waals surface area contributed by atoms with E-state index in [-0.39, 0.29) is 24.0 Å². The minimum atomic E-state index is 0. The van der Waals surface area contributed by atoms with Crippen LogP contribution < -0.4 is 5.32 Å². The molecule has 0 saturated heterocycles. The number of aromatic nitrogens is 3. The topological polar surface area (TPSA) is 58.3 Å². The Morgan fingerprint density at radius 3 is 2.88 bits per heavy atom. The predicted molar refractivity (Wildman–Crippen MR) is 114 cm³/mol. The van der Waals surface area contributed by atoms with E-state index in [0.717, 1.165) is 43.3 Å². The summed E-state index contributed by atoms with van der Waals surface area (Å²) in [5, 5.41) is 3.33. The molecule has 2 aromatic rings. The van der Waals surface area contributed by atoms with Gasteiger partial charge in [-0.05, 0) is 31.4 Å². The lowest BCUT2D eigenvalue weighted by Gasteiger charge is -2.21. The molecule has 0 spiro atoms. The third-order valence-corrected chi connectivity index (χ3v) is 3.59. The largest absolute Gasteiger partial charge is 0.357 e. The fraction of sp³-hybridized carbons (Fsp3) is 0.389. The fourth-order valence-corrected chi connectivity index (χ4v) is 2.27. The molecular formula is C18H27IN6. The van der Waals surface area contributed by atoms with Crippen LogP contribution in [0.15, 0.2) is 54.7 Å². The minimum Gasteiger partial charge on any atom is -0.357 e. The van der Waals surface area contributed by atoms with Gasteiger partial charge in [-0.3, -0.25) is 4.57 Å². The van der Waals surface area contributed by atoms with E-state index in [2.05, 4.69) is 40.7 Å². The van der Waals surface area contributed by atoms with Crippen LogP contribution in [0.2, 0.25) is 0 Å². The highest BCUT2D eigenvalue weighted by molar-refractivity contribution is 14.0. The molecule has 25 heavy (non-hydrogen) atoms. The van der Waals surface area contributed by atoms with Crippen LogP contribution in [0.5, 0.6) is 0 Å². The first-order valence-electron chi connectivity index (χ1n) is 8.28. The molecule has 0 unspecified atom stereocenters. The number of nitrogens with one attached hydrogen (secondary N) is 1. The lowest BCUT2D eigenvalue weighted by atomic mass is 10.3. The monoisotopic (exact) mass is 454 g/mol. The summed E-state index contributed by atoms with van der Waals surface area (Å²) in [5.41, 5.74) is 1.08. The van der Waals surface area contributed by atoms with Crippen molar-refractivity contribution in [3.05, 3.63) is 55.3 Å². The van der Waals surface area contributed by atoms with Crippen LogP contribution in [0.1, 0.15) is 25.3 Å². The van der Waals surface area contributed by atoms with Gasteiger partial charge >= 0.3 is 0 Å². The van der Waals surface area contributed by atoms with Crippen LogP contribution in [0, 0.1) is 0 Å². The Kier molecular flexibility index (Phi) is 9.83. The standard InChI is InChI=1S/C18H26N6.HI/c1-4-6-7-11-23(3)18(20-5-2)22-14-16-8-9-17(21-13-16)24-12-10-19-15-24;/h4,8-10,12-13,15H,1,5-7,11,14H2,2-3H3,(H,20,22);1H. The maximum atomic E-state index is 4.70. The summed E-state index contributed by atoms with van der Waals surface area (Å²) in [5.74, 6) is 1.77. The summed E-state index contributed by atoms with van der Waals surface area (Å²) < 4.78 is 1.88. The number of guanidine groups is 1. The highest BCUT2D eigenvalue weighted by atomic mass is 127. The molecule has 2 aromatic heterocycles. The van der Waals surface area contributed by atoms with Crippen LogP contribution in [0.3, 0.4) is 0 Å². The van der Waals surface area contributed by atoms with Gasteiger partial charge in [0.25, 0.3) is 0 Å². The summed E-state index contributed by atoms with van der Waals surface area (Å²) in [7, 11) is 2.06. The molecule has 0 aliphatic heterocycles. The van der Waals surface area contributed by atoms with E-state index in [1.807, 2.05) is 35.2 Å². The Hall–Kier alpha value is -1.90. The first-order chi connectivity index (χ1) is 11.7. The maximum absolute atomic E-state index is 4.70. The van der Waals surface area contributed by atoms with Crippen molar-refractivity contribution in [1.29, 1.82) is 0 Å². The summed E-state index contributed by atoms with van der Waals surface area (Å²) in [6.45, 7) is 8.25. The number of nitrogens with zero attached hydrogens (tertiary/aromatic N) is 5. The molecule has 0 radical (unpaired) electrons. The molecule has 6 nitrogen and oxygen atoms in total. The first-order valence-corrected chi connectivity index (χ1v) is 8.28. The van der Waals surface area contributed by atoms with Crippen LogP contribution in [0.4, 0.5) is 0 Å². The van der Waals surface area contributed by atoms with Crippen molar-refractivity contribution in [2.45, 2.75) is 26.3 Å². The zero-order valence-electron chi connectivity index (χ0n) is 14.9. The number of pyridine rings is 1. The van der Waals surface area contributed by atoms with Gasteiger partial charge < -0.3 is 10.2 Å². The van der Waals surface area contributed by atoms with Crippen molar-refractivity contribution in [2.75, 3.05) is 20.1 Å². The number of imidazole rings is 1. The van der Waals surface area contributed by atoms with Gasteiger partial charge in [0.2, 0.25) is 0 Å². The number of hydrogen-bond donors (Lipinski definition) is 1. The summed E-state index contributed by atoms with van der Waals surface area (Å²) >= 11 is 0. The molecule has 0 saturated carbocycles. The molecule has 2 rings (SSSR count). The van der Waals surface area contributed by atoms with Gasteiger partial charge in [0.15, 0.2) is 5.96 Å². The Bertz CT molecular complexity index is 636. The molecule has 0 atom stereocenters. The van der Waals surface area contributed by atoms with Crippen molar-refractivity contribution >= 4 is 29.9 Å². The summed E-state index contributed by atoms with van der Waals surface area (Å²) in [4.78, 5) is 15.3. The van der Waals surface area contributed by atoms with Crippen LogP contribution in [0.25, 0.3) is 5.82 Å². The molecule has 0 amide bonds. The van der Waals surface area contributed by atoms with Crippen LogP contribution in [-0.2, 0) is 6.54 Å². The van der Waals surface area contributed by atoms with E-state index < -0.39 is 0 Å². The highest BCUT2D eigenvalue weighted by Gasteiger charge is 2.05. The van der Waals surface area contributed by atoms with Crippen molar-refractivity contribution in [3.8, 4) is 5.82 Å². The average Bonchev–Trinajstić information content (AvgIpc) is 3.14. The van der Waals surface area contributed by atoms with Crippen molar-refractivity contribution in [2.24, 2.45) is 4.99 Å². The minimum absolute atomic E-state index is 0. The third kappa shape index (κ3) is 6.85. The van der Waals surface area contributed by atoms with E-state index in [0.29, 0.717) is 6.54 Å². The zero-order valence-corrected chi connectivity index (χ0v) is 17.3. The molecule has 0 bridgehead atoms. The SMILES string of the molecule is C=CCCCN(C)C(=NCc1ccc(-n2ccnc2)nc1)NCC.I. The molecule has 0 aliphatic rings. The third-order valence-electron chi connectivity index (χ3n) is 3.59. The number of halogens is 1. The van der Waals surface area contributed by atoms with Gasteiger partial charge in [-0.2, -0.15) is 0 Å². The van der Waals surface area contributed by atoms with Crippen LogP contribution >= 0.6 is 24.0 Å². The van der Waals surface area contributed by atoms with Gasteiger partial charge in [-0.25, -0.2) is 15.0 Å². The lowest BCUT2D eigenvalue weighted by Crippen LogP contribution is -2.39. The molecule has 1 N–H and O–H groups in total. The Balaban J connectivity index is 0.00000312. The van der Waals surface area contributed by atoms with Crippen molar-refractivity contribution in [1.82, 2.24) is 24.8 Å². The quantitative estimate of drug-likeness (QED) is 0.219. The molecule has 0 fully saturated rings. The molecule has 2 heterocycles. The molecule has 0 aromatic carbocycles. The number of hydrogen-bond acceptors (Lipinski definition) is 3. The molecule has 7 heteroatoms. The summed E-state index contributed by atoms with van der Waals surface area (Å²) in [6.07, 6.45) is 11.3. The maximum Gasteiger partial charge on any atom is 0.193 e. The van der Waals surface area contributed by atoms with Crippen molar-refractivity contribution in [3.63, 3.8) is 0 Å². The van der Waals surface area contributed by atoms with Gasteiger partial charge in [0, 0.05) is 38.7 Å². The number of rotatable bonds is 8. The normalized spacial score (nSPS) is 10.9. The Labute approximate surface area is 167 Å². The first kappa shape index (κ1) is 21.1. The average molecular weight is 454 g/mol. The highest BCUT2D eigenvalue weighted by Crippen LogP contribution is 2.07. The lowest BCUT2D eigenvalue weighted by molar-refractivity contribution is 0.470. The van der Waals surface area contributed by atoms with Gasteiger partial charge in [0.1, 0.15) is 12.1 Å². The van der Waals surface area contributed by atoms with E-state index in [4.69, 9.17) is 4.99 Å². The van der Waals surface area contributed by atoms with Crippen LogP contribution in [-0.4, -0.2) is 45.5 Å². The van der Waals surface area contributed by atoms with E-state index in [1.165, 1.54) is 0 Å². The van der Waals surface area contributed by atoms with Gasteiger partial charge in [-0.15, -0.1) is 30.6 Å². The molecular weight excluding hydrogens is 427 g/mol. The van der Waals surface area contributed by atoms with Crippen molar-refractivity contribution < 1.29 is 0 Å². The Morgan fingerprint density at radius 2 is 2.28 bits per heavy atom. The van der Waals surface area contributed by atoms with Gasteiger partial charge in [0.05, 0.1) is 6.54 Å². The van der Waals surface area contributed by atoms with Gasteiger partial charge in [-0.1, -0.05) is 12.1 Å². The zero-order chi connectivity index (χ0) is 17.2. The smallest absolute Gasteiger partial charge is 0.193 e. The predicted octanol–water partition coefficient (Wildman–Crippen LogP) is 3.25. The molecule has 136 valence electrons. The number of allylic oxidation sites excluding steroid dienone is 1. The fourth-order valence-electron chi connectivity index (χ4n) is 2.27. The van der Waals surface area contributed by atoms with E-state index in [9.17, 15) is 0 Å². The number of unbranched alkanes of at least 4 members (excludes halogenated alkanes) is 1. The second-order valence-electron chi connectivity index (χ2n) is 5.52. The summed E-state index contributed by atoms with van der Waals surface area (Å²) in [6, 6.07) is 4.03. The number of aliphatic imine (C=N–C) groups is 1. The second-order valence-corrected chi connectivity index (χ2v) is 5.52. The molecule has 0 aliphatic carbocycles.